The third-order valence-corrected chi connectivity index (χ3v) is 2.31. The summed E-state index contributed by atoms with van der Waals surface area (Å²) in [6, 6.07) is 4.52. The van der Waals surface area contributed by atoms with Crippen molar-refractivity contribution in [1.82, 2.24) is 0 Å². The number of nitrogens with two attached hydrogens (primary N) is 1. The van der Waals surface area contributed by atoms with Crippen LogP contribution in [0.5, 0.6) is 5.75 Å². The Balaban J connectivity index is 2.57. The second kappa shape index (κ2) is 7.25. The van der Waals surface area contributed by atoms with Crippen LogP contribution >= 0.6 is 0 Å². The largest absolute Gasteiger partial charge is 0.488 e. The fraction of sp³-hybridized carbons (Fsp3) is 0.538. The van der Waals surface area contributed by atoms with E-state index in [1.54, 1.807) is 19.1 Å². The van der Waals surface area contributed by atoms with E-state index in [0.717, 1.165) is 6.42 Å². The van der Waals surface area contributed by atoms with Gasteiger partial charge in [0.05, 0.1) is 6.61 Å². The topological polar surface area (TPSA) is 44.5 Å². The van der Waals surface area contributed by atoms with Gasteiger partial charge in [-0.05, 0) is 19.4 Å². The lowest BCUT2D eigenvalue weighted by Gasteiger charge is -2.14. The minimum absolute atomic E-state index is 0.239. The van der Waals surface area contributed by atoms with Gasteiger partial charge in [-0.25, -0.2) is 4.39 Å². The molecule has 0 aliphatic heterocycles. The fourth-order valence-corrected chi connectivity index (χ4v) is 1.49. The molecule has 0 spiro atoms. The average Bonchev–Trinajstić information content (AvgIpc) is 2.30. The predicted molar refractivity (Wildman–Crippen MR) is 65.6 cm³/mol. The van der Waals surface area contributed by atoms with E-state index in [9.17, 15) is 4.39 Å². The van der Waals surface area contributed by atoms with Crippen molar-refractivity contribution in [1.29, 1.82) is 0 Å². The Morgan fingerprint density at radius 2 is 2.06 bits per heavy atom. The van der Waals surface area contributed by atoms with Crippen LogP contribution < -0.4 is 10.5 Å². The van der Waals surface area contributed by atoms with Crippen molar-refractivity contribution in [2.24, 2.45) is 5.73 Å². The van der Waals surface area contributed by atoms with Crippen LogP contribution in [0, 0.1) is 5.82 Å². The lowest BCUT2D eigenvalue weighted by molar-refractivity contribution is 0.0987. The summed E-state index contributed by atoms with van der Waals surface area (Å²) in [7, 11) is 0. The number of benzene rings is 1. The van der Waals surface area contributed by atoms with Crippen molar-refractivity contribution in [3.05, 3.63) is 29.6 Å². The molecule has 1 atom stereocenters. The van der Waals surface area contributed by atoms with Crippen molar-refractivity contribution in [3.8, 4) is 5.75 Å². The molecule has 4 heteroatoms. The molecule has 0 amide bonds. The normalized spacial score (nSPS) is 12.5. The smallest absolute Gasteiger partial charge is 0.165 e. The Kier molecular flexibility index (Phi) is 5.94. The van der Waals surface area contributed by atoms with Gasteiger partial charge < -0.3 is 15.2 Å². The summed E-state index contributed by atoms with van der Waals surface area (Å²) in [6.45, 7) is 5.32. The molecule has 1 aromatic carbocycles. The van der Waals surface area contributed by atoms with Gasteiger partial charge in [-0.2, -0.15) is 0 Å². The molecular weight excluding hydrogens is 221 g/mol. The van der Waals surface area contributed by atoms with Gasteiger partial charge in [0.25, 0.3) is 0 Å². The predicted octanol–water partition coefficient (Wildman–Crippen LogP) is 2.65. The minimum Gasteiger partial charge on any atom is -0.488 e. The average molecular weight is 241 g/mol. The Hall–Kier alpha value is -1.13. The van der Waals surface area contributed by atoms with Crippen molar-refractivity contribution in [2.45, 2.75) is 26.3 Å². The van der Waals surface area contributed by atoms with Gasteiger partial charge in [0, 0.05) is 18.2 Å². The summed E-state index contributed by atoms with van der Waals surface area (Å²) in [5.41, 5.74) is 6.44. The van der Waals surface area contributed by atoms with Gasteiger partial charge in [0.15, 0.2) is 11.6 Å². The van der Waals surface area contributed by atoms with Gasteiger partial charge in [0.1, 0.15) is 6.61 Å². The lowest BCUT2D eigenvalue weighted by Crippen LogP contribution is -2.12. The van der Waals surface area contributed by atoms with E-state index in [0.29, 0.717) is 25.4 Å². The molecule has 0 aromatic heterocycles. The second-order valence-electron chi connectivity index (χ2n) is 3.91. The molecule has 96 valence electrons. The Morgan fingerprint density at radius 1 is 1.29 bits per heavy atom. The van der Waals surface area contributed by atoms with E-state index in [1.807, 2.05) is 6.92 Å². The van der Waals surface area contributed by atoms with Crippen LogP contribution in [-0.2, 0) is 4.74 Å². The van der Waals surface area contributed by atoms with Gasteiger partial charge in [0.2, 0.25) is 0 Å². The zero-order chi connectivity index (χ0) is 12.7. The van der Waals surface area contributed by atoms with Crippen LogP contribution in [0.25, 0.3) is 0 Å². The first-order chi connectivity index (χ1) is 8.16. The standard InChI is InChI=1S/C13H20FNO2/c1-3-7-16-8-9-17-13-11(10(2)15)5-4-6-12(13)14/h4-6,10H,3,7-9,15H2,1-2H3. The zero-order valence-electron chi connectivity index (χ0n) is 10.4. The van der Waals surface area contributed by atoms with Crippen LogP contribution in [-0.4, -0.2) is 19.8 Å². The van der Waals surface area contributed by atoms with Gasteiger partial charge in [-0.3, -0.25) is 0 Å². The molecule has 3 nitrogen and oxygen atoms in total. The van der Waals surface area contributed by atoms with Gasteiger partial charge in [-0.1, -0.05) is 19.1 Å². The first kappa shape index (κ1) is 13.9. The molecule has 0 aliphatic rings. The number of halogens is 1. The third-order valence-electron chi connectivity index (χ3n) is 2.31. The van der Waals surface area contributed by atoms with E-state index in [4.69, 9.17) is 15.2 Å². The summed E-state index contributed by atoms with van der Waals surface area (Å²) in [6.07, 6.45) is 0.963. The second-order valence-corrected chi connectivity index (χ2v) is 3.91. The van der Waals surface area contributed by atoms with Crippen LogP contribution in [0.4, 0.5) is 4.39 Å². The van der Waals surface area contributed by atoms with Crippen LogP contribution in [0.15, 0.2) is 18.2 Å². The summed E-state index contributed by atoms with van der Waals surface area (Å²) < 4.78 is 24.2. The van der Waals surface area contributed by atoms with Crippen LogP contribution in [0.1, 0.15) is 31.9 Å². The molecule has 1 unspecified atom stereocenters. The zero-order valence-corrected chi connectivity index (χ0v) is 10.4. The summed E-state index contributed by atoms with van der Waals surface area (Å²) >= 11 is 0. The molecule has 17 heavy (non-hydrogen) atoms. The summed E-state index contributed by atoms with van der Waals surface area (Å²) in [5.74, 6) is -0.141. The highest BCUT2D eigenvalue weighted by molar-refractivity contribution is 5.36. The minimum atomic E-state index is -0.379. The molecule has 0 heterocycles. The number of hydrogen-bond donors (Lipinski definition) is 1. The molecule has 1 rings (SSSR count). The highest BCUT2D eigenvalue weighted by Crippen LogP contribution is 2.26. The highest BCUT2D eigenvalue weighted by atomic mass is 19.1. The third kappa shape index (κ3) is 4.32. The quantitative estimate of drug-likeness (QED) is 0.746. The molecule has 0 saturated heterocycles. The van der Waals surface area contributed by atoms with Gasteiger partial charge >= 0.3 is 0 Å². The van der Waals surface area contributed by atoms with E-state index < -0.39 is 0 Å². The number of rotatable bonds is 7. The first-order valence-corrected chi connectivity index (χ1v) is 5.91. The van der Waals surface area contributed by atoms with Crippen molar-refractivity contribution in [2.75, 3.05) is 19.8 Å². The van der Waals surface area contributed by atoms with Crippen LogP contribution in [0.3, 0.4) is 0 Å². The van der Waals surface area contributed by atoms with Crippen LogP contribution in [0.2, 0.25) is 0 Å². The Bertz CT molecular complexity index is 342. The Morgan fingerprint density at radius 3 is 2.71 bits per heavy atom. The van der Waals surface area contributed by atoms with E-state index >= 15 is 0 Å². The number of hydrogen-bond acceptors (Lipinski definition) is 3. The summed E-state index contributed by atoms with van der Waals surface area (Å²) in [4.78, 5) is 0. The van der Waals surface area contributed by atoms with Gasteiger partial charge in [-0.15, -0.1) is 0 Å². The molecular formula is C13H20FNO2. The van der Waals surface area contributed by atoms with E-state index in [-0.39, 0.29) is 17.6 Å². The fourth-order valence-electron chi connectivity index (χ4n) is 1.49. The molecule has 0 bridgehead atoms. The Labute approximate surface area is 102 Å². The maximum Gasteiger partial charge on any atom is 0.165 e. The number of para-hydroxylation sites is 1. The molecule has 0 radical (unpaired) electrons. The SMILES string of the molecule is CCCOCCOc1c(F)cccc1C(C)N. The monoisotopic (exact) mass is 241 g/mol. The highest BCUT2D eigenvalue weighted by Gasteiger charge is 2.12. The van der Waals surface area contributed by atoms with Crippen molar-refractivity contribution in [3.63, 3.8) is 0 Å². The lowest BCUT2D eigenvalue weighted by atomic mass is 10.1. The number of ether oxygens (including phenoxy) is 2. The molecule has 1 aromatic rings. The maximum absolute atomic E-state index is 13.6. The maximum atomic E-state index is 13.6. The molecule has 2 N–H and O–H groups in total. The first-order valence-electron chi connectivity index (χ1n) is 5.91. The van der Waals surface area contributed by atoms with E-state index in [2.05, 4.69) is 0 Å². The molecule has 0 aliphatic carbocycles. The van der Waals surface area contributed by atoms with Crippen molar-refractivity contribution < 1.29 is 13.9 Å². The molecule has 0 fully saturated rings. The summed E-state index contributed by atoms with van der Waals surface area (Å²) in [5, 5.41) is 0. The van der Waals surface area contributed by atoms with E-state index in [1.165, 1.54) is 6.07 Å². The van der Waals surface area contributed by atoms with Crippen molar-refractivity contribution >= 4 is 0 Å². The molecule has 0 saturated carbocycles.